The standard InChI is InChI=1S/C14H16FNO2/c1-3-14(2,8-16)13(17)12-7-9-6-10(15)4-5-11(9)18-12/h4-7H,3,8,16H2,1-2H3. The lowest BCUT2D eigenvalue weighted by Crippen LogP contribution is -2.35. The molecule has 4 heteroatoms. The second kappa shape index (κ2) is 4.53. The minimum Gasteiger partial charge on any atom is -0.453 e. The molecule has 0 aliphatic heterocycles. The summed E-state index contributed by atoms with van der Waals surface area (Å²) in [6.07, 6.45) is 0.633. The molecule has 18 heavy (non-hydrogen) atoms. The van der Waals surface area contributed by atoms with E-state index < -0.39 is 5.41 Å². The van der Waals surface area contributed by atoms with Gasteiger partial charge >= 0.3 is 0 Å². The molecular weight excluding hydrogens is 233 g/mol. The molecule has 0 bridgehead atoms. The first-order valence-electron chi connectivity index (χ1n) is 5.94. The number of ketones is 1. The number of hydrogen-bond acceptors (Lipinski definition) is 3. The Morgan fingerprint density at radius 1 is 1.44 bits per heavy atom. The third kappa shape index (κ3) is 2.04. The maximum absolute atomic E-state index is 13.1. The van der Waals surface area contributed by atoms with Crippen molar-refractivity contribution in [2.45, 2.75) is 20.3 Å². The number of rotatable bonds is 4. The molecule has 2 rings (SSSR count). The second-order valence-corrected chi connectivity index (χ2v) is 4.74. The first-order chi connectivity index (χ1) is 8.50. The summed E-state index contributed by atoms with van der Waals surface area (Å²) in [6, 6.07) is 5.75. The van der Waals surface area contributed by atoms with E-state index in [-0.39, 0.29) is 23.9 Å². The van der Waals surface area contributed by atoms with Crippen LogP contribution in [-0.4, -0.2) is 12.3 Å². The van der Waals surface area contributed by atoms with Gasteiger partial charge in [0.25, 0.3) is 0 Å². The third-order valence-corrected chi connectivity index (χ3v) is 3.48. The Bertz CT molecular complexity index is 584. The average molecular weight is 249 g/mol. The van der Waals surface area contributed by atoms with E-state index in [0.717, 1.165) is 0 Å². The van der Waals surface area contributed by atoms with Crippen LogP contribution < -0.4 is 5.73 Å². The van der Waals surface area contributed by atoms with Gasteiger partial charge in [-0.2, -0.15) is 0 Å². The summed E-state index contributed by atoms with van der Waals surface area (Å²) in [7, 11) is 0. The maximum Gasteiger partial charge on any atom is 0.205 e. The van der Waals surface area contributed by atoms with E-state index in [1.54, 1.807) is 6.07 Å². The lowest BCUT2D eigenvalue weighted by Gasteiger charge is -2.22. The Labute approximate surface area is 105 Å². The number of benzene rings is 1. The summed E-state index contributed by atoms with van der Waals surface area (Å²) in [5.74, 6) is -0.242. The van der Waals surface area contributed by atoms with E-state index in [4.69, 9.17) is 10.2 Å². The highest BCUT2D eigenvalue weighted by Gasteiger charge is 2.32. The van der Waals surface area contributed by atoms with Crippen LogP contribution in [0.1, 0.15) is 30.8 Å². The molecular formula is C14H16FNO2. The molecule has 1 heterocycles. The highest BCUT2D eigenvalue weighted by molar-refractivity contribution is 6.01. The van der Waals surface area contributed by atoms with Gasteiger partial charge in [-0.05, 0) is 30.7 Å². The number of carbonyl (C=O) groups excluding carboxylic acids is 1. The average Bonchev–Trinajstić information content (AvgIpc) is 2.79. The maximum atomic E-state index is 13.1. The van der Waals surface area contributed by atoms with Gasteiger partial charge in [-0.15, -0.1) is 0 Å². The fraction of sp³-hybridized carbons (Fsp3) is 0.357. The van der Waals surface area contributed by atoms with Crippen LogP contribution >= 0.6 is 0 Å². The van der Waals surface area contributed by atoms with Crippen LogP contribution in [-0.2, 0) is 0 Å². The van der Waals surface area contributed by atoms with Gasteiger partial charge in [0.2, 0.25) is 5.78 Å². The molecule has 0 aliphatic rings. The van der Waals surface area contributed by atoms with Gasteiger partial charge < -0.3 is 10.2 Å². The monoisotopic (exact) mass is 249 g/mol. The Balaban J connectivity index is 2.45. The normalized spacial score (nSPS) is 14.7. The van der Waals surface area contributed by atoms with E-state index in [1.165, 1.54) is 18.2 Å². The lowest BCUT2D eigenvalue weighted by atomic mass is 9.82. The number of Topliss-reactive ketones (excluding diaryl/α,β-unsaturated/α-hetero) is 1. The van der Waals surface area contributed by atoms with Crippen molar-refractivity contribution in [2.75, 3.05) is 6.54 Å². The van der Waals surface area contributed by atoms with Crippen molar-refractivity contribution in [1.29, 1.82) is 0 Å². The van der Waals surface area contributed by atoms with E-state index in [0.29, 0.717) is 17.4 Å². The molecule has 2 aromatic rings. The quantitative estimate of drug-likeness (QED) is 0.847. The molecule has 1 unspecified atom stereocenters. The zero-order chi connectivity index (χ0) is 13.3. The fourth-order valence-corrected chi connectivity index (χ4v) is 1.82. The predicted octanol–water partition coefficient (Wildman–Crippen LogP) is 3.13. The van der Waals surface area contributed by atoms with E-state index in [1.807, 2.05) is 13.8 Å². The van der Waals surface area contributed by atoms with Crippen LogP contribution in [0.2, 0.25) is 0 Å². The van der Waals surface area contributed by atoms with Crippen molar-refractivity contribution in [2.24, 2.45) is 11.1 Å². The van der Waals surface area contributed by atoms with Gasteiger partial charge in [-0.3, -0.25) is 4.79 Å². The number of fused-ring (bicyclic) bond motifs is 1. The zero-order valence-corrected chi connectivity index (χ0v) is 10.5. The molecule has 0 amide bonds. The predicted molar refractivity (Wildman–Crippen MR) is 68.0 cm³/mol. The minimum absolute atomic E-state index is 0.135. The van der Waals surface area contributed by atoms with Gasteiger partial charge in [0.1, 0.15) is 11.4 Å². The van der Waals surface area contributed by atoms with Crippen LogP contribution in [0, 0.1) is 11.2 Å². The number of nitrogens with two attached hydrogens (primary N) is 1. The van der Waals surface area contributed by atoms with Gasteiger partial charge in [-0.1, -0.05) is 13.8 Å². The summed E-state index contributed by atoms with van der Waals surface area (Å²) < 4.78 is 18.5. The molecule has 0 fully saturated rings. The van der Waals surface area contributed by atoms with Crippen LogP contribution in [0.3, 0.4) is 0 Å². The molecule has 0 aliphatic carbocycles. The van der Waals surface area contributed by atoms with Crippen LogP contribution in [0.15, 0.2) is 28.7 Å². The summed E-state index contributed by atoms with van der Waals surface area (Å²) in [5, 5.41) is 0.592. The molecule has 0 radical (unpaired) electrons. The SMILES string of the molecule is CCC(C)(CN)C(=O)c1cc2cc(F)ccc2o1. The van der Waals surface area contributed by atoms with Crippen molar-refractivity contribution in [3.63, 3.8) is 0 Å². The smallest absolute Gasteiger partial charge is 0.205 e. The molecule has 1 aromatic heterocycles. The van der Waals surface area contributed by atoms with Crippen molar-refractivity contribution in [3.05, 3.63) is 35.8 Å². The first kappa shape index (κ1) is 12.8. The van der Waals surface area contributed by atoms with Gasteiger partial charge in [0.15, 0.2) is 5.76 Å². The summed E-state index contributed by atoms with van der Waals surface area (Å²) in [4.78, 5) is 12.3. The molecule has 96 valence electrons. The molecule has 3 nitrogen and oxygen atoms in total. The Morgan fingerprint density at radius 2 is 2.17 bits per heavy atom. The minimum atomic E-state index is -0.633. The number of hydrogen-bond donors (Lipinski definition) is 1. The molecule has 2 N–H and O–H groups in total. The second-order valence-electron chi connectivity index (χ2n) is 4.74. The largest absolute Gasteiger partial charge is 0.453 e. The van der Waals surface area contributed by atoms with Crippen molar-refractivity contribution in [1.82, 2.24) is 0 Å². The summed E-state index contributed by atoms with van der Waals surface area (Å²) >= 11 is 0. The van der Waals surface area contributed by atoms with Gasteiger partial charge in [0, 0.05) is 17.3 Å². The Kier molecular flexibility index (Phi) is 3.22. The Morgan fingerprint density at radius 3 is 2.78 bits per heavy atom. The number of carbonyl (C=O) groups is 1. The van der Waals surface area contributed by atoms with Gasteiger partial charge in [-0.25, -0.2) is 4.39 Å². The van der Waals surface area contributed by atoms with E-state index in [9.17, 15) is 9.18 Å². The summed E-state index contributed by atoms with van der Waals surface area (Å²) in [6.45, 7) is 3.98. The van der Waals surface area contributed by atoms with Crippen molar-refractivity contribution < 1.29 is 13.6 Å². The molecule has 1 atom stereocenters. The van der Waals surface area contributed by atoms with Crippen molar-refractivity contribution in [3.8, 4) is 0 Å². The van der Waals surface area contributed by atoms with E-state index >= 15 is 0 Å². The first-order valence-corrected chi connectivity index (χ1v) is 5.94. The third-order valence-electron chi connectivity index (χ3n) is 3.48. The number of halogens is 1. The molecule has 0 saturated carbocycles. The molecule has 0 spiro atoms. The number of furan rings is 1. The topological polar surface area (TPSA) is 56.2 Å². The van der Waals surface area contributed by atoms with Crippen LogP contribution in [0.5, 0.6) is 0 Å². The zero-order valence-electron chi connectivity index (χ0n) is 10.5. The highest BCUT2D eigenvalue weighted by Crippen LogP contribution is 2.29. The van der Waals surface area contributed by atoms with Gasteiger partial charge in [0.05, 0.1) is 0 Å². The highest BCUT2D eigenvalue weighted by atomic mass is 19.1. The Hall–Kier alpha value is -1.68. The fourth-order valence-electron chi connectivity index (χ4n) is 1.82. The van der Waals surface area contributed by atoms with E-state index in [2.05, 4.69) is 0 Å². The van der Waals surface area contributed by atoms with Crippen LogP contribution in [0.4, 0.5) is 4.39 Å². The lowest BCUT2D eigenvalue weighted by molar-refractivity contribution is 0.0792. The molecule has 1 aromatic carbocycles. The molecule has 0 saturated heterocycles. The summed E-state index contributed by atoms with van der Waals surface area (Å²) in [5.41, 5.74) is 5.53. The van der Waals surface area contributed by atoms with Crippen molar-refractivity contribution >= 4 is 16.8 Å². The van der Waals surface area contributed by atoms with Crippen LogP contribution in [0.25, 0.3) is 11.0 Å².